The summed E-state index contributed by atoms with van der Waals surface area (Å²) < 4.78 is 0. The minimum absolute atomic E-state index is 0.525. The number of hydrazine groups is 1. The van der Waals surface area contributed by atoms with Gasteiger partial charge in [0.15, 0.2) is 0 Å². The lowest BCUT2D eigenvalue weighted by Gasteiger charge is -2.11. The fourth-order valence-corrected chi connectivity index (χ4v) is 0.812. The Labute approximate surface area is 69.3 Å². The number of hydrogen-bond acceptors (Lipinski definition) is 2. The SMILES string of the molecule is C/C=C\C(=C/N(C)N)C(C)C. The van der Waals surface area contributed by atoms with Gasteiger partial charge < -0.3 is 5.01 Å². The van der Waals surface area contributed by atoms with Crippen LogP contribution in [0.4, 0.5) is 0 Å². The fraction of sp³-hybridized carbons (Fsp3) is 0.556. The number of allylic oxidation sites excluding steroid dienone is 3. The maximum Gasteiger partial charge on any atom is 0.0223 e. The third-order valence-corrected chi connectivity index (χ3v) is 1.38. The molecule has 0 aromatic carbocycles. The molecule has 0 bridgehead atoms. The van der Waals surface area contributed by atoms with E-state index in [0.717, 1.165) is 0 Å². The van der Waals surface area contributed by atoms with Crippen molar-refractivity contribution in [3.05, 3.63) is 23.9 Å². The summed E-state index contributed by atoms with van der Waals surface area (Å²) in [4.78, 5) is 0. The van der Waals surface area contributed by atoms with Crippen molar-refractivity contribution < 1.29 is 0 Å². The zero-order chi connectivity index (χ0) is 8.85. The molecule has 2 heteroatoms. The van der Waals surface area contributed by atoms with Crippen LogP contribution in [0.5, 0.6) is 0 Å². The zero-order valence-electron chi connectivity index (χ0n) is 7.83. The van der Waals surface area contributed by atoms with Crippen LogP contribution >= 0.6 is 0 Å². The maximum atomic E-state index is 5.48. The molecule has 0 atom stereocenters. The fourth-order valence-electron chi connectivity index (χ4n) is 0.812. The summed E-state index contributed by atoms with van der Waals surface area (Å²) in [6.45, 7) is 6.30. The Hall–Kier alpha value is -0.760. The largest absolute Gasteiger partial charge is 0.321 e. The van der Waals surface area contributed by atoms with Crippen molar-refractivity contribution >= 4 is 0 Å². The Morgan fingerprint density at radius 3 is 2.27 bits per heavy atom. The smallest absolute Gasteiger partial charge is 0.0223 e. The van der Waals surface area contributed by atoms with Gasteiger partial charge in [-0.2, -0.15) is 0 Å². The average Bonchev–Trinajstić information content (AvgIpc) is 1.86. The monoisotopic (exact) mass is 154 g/mol. The van der Waals surface area contributed by atoms with Crippen molar-refractivity contribution in [2.24, 2.45) is 11.8 Å². The molecule has 0 aliphatic heterocycles. The van der Waals surface area contributed by atoms with Gasteiger partial charge in [0.1, 0.15) is 0 Å². The molecule has 0 heterocycles. The van der Waals surface area contributed by atoms with Crippen LogP contribution in [0.3, 0.4) is 0 Å². The molecule has 0 aromatic rings. The van der Waals surface area contributed by atoms with Gasteiger partial charge >= 0.3 is 0 Å². The summed E-state index contributed by atoms with van der Waals surface area (Å²) in [5, 5.41) is 1.58. The highest BCUT2D eigenvalue weighted by Gasteiger charge is 1.97. The molecule has 0 saturated carbocycles. The van der Waals surface area contributed by atoms with Crippen LogP contribution in [0.2, 0.25) is 0 Å². The average molecular weight is 154 g/mol. The van der Waals surface area contributed by atoms with Crippen molar-refractivity contribution in [1.82, 2.24) is 5.01 Å². The molecular formula is C9H18N2. The molecule has 64 valence electrons. The zero-order valence-corrected chi connectivity index (χ0v) is 7.83. The van der Waals surface area contributed by atoms with E-state index in [2.05, 4.69) is 19.9 Å². The van der Waals surface area contributed by atoms with Crippen molar-refractivity contribution in [3.63, 3.8) is 0 Å². The maximum absolute atomic E-state index is 5.48. The molecule has 0 saturated heterocycles. The molecule has 0 aliphatic rings. The minimum atomic E-state index is 0.525. The van der Waals surface area contributed by atoms with Gasteiger partial charge in [0.05, 0.1) is 0 Å². The van der Waals surface area contributed by atoms with Gasteiger partial charge in [-0.05, 0) is 18.4 Å². The Kier molecular flexibility index (Phi) is 4.62. The molecule has 0 amide bonds. The Morgan fingerprint density at radius 1 is 1.45 bits per heavy atom. The van der Waals surface area contributed by atoms with E-state index in [0.29, 0.717) is 5.92 Å². The van der Waals surface area contributed by atoms with Crippen LogP contribution in [0.15, 0.2) is 23.9 Å². The predicted octanol–water partition coefficient (Wildman–Crippen LogP) is 1.91. The normalized spacial score (nSPS) is 13.1. The van der Waals surface area contributed by atoms with Crippen molar-refractivity contribution in [1.29, 1.82) is 0 Å². The molecule has 0 spiro atoms. The summed E-state index contributed by atoms with van der Waals surface area (Å²) in [6, 6.07) is 0. The van der Waals surface area contributed by atoms with E-state index in [1.807, 2.05) is 26.2 Å². The van der Waals surface area contributed by atoms with Crippen LogP contribution in [0, 0.1) is 5.92 Å². The molecule has 0 aromatic heterocycles. The highest BCUT2D eigenvalue weighted by molar-refractivity contribution is 5.19. The molecule has 0 aliphatic carbocycles. The highest BCUT2D eigenvalue weighted by atomic mass is 15.4. The van der Waals surface area contributed by atoms with E-state index in [1.165, 1.54) is 5.57 Å². The Morgan fingerprint density at radius 2 is 2.00 bits per heavy atom. The van der Waals surface area contributed by atoms with Gasteiger partial charge in [-0.1, -0.05) is 26.0 Å². The minimum Gasteiger partial charge on any atom is -0.321 e. The van der Waals surface area contributed by atoms with Gasteiger partial charge in [0.2, 0.25) is 0 Å². The lowest BCUT2D eigenvalue weighted by molar-refractivity contribution is 0.476. The molecule has 0 radical (unpaired) electrons. The third-order valence-electron chi connectivity index (χ3n) is 1.38. The Balaban J connectivity index is 4.33. The first kappa shape index (κ1) is 10.2. The van der Waals surface area contributed by atoms with Gasteiger partial charge in [-0.15, -0.1) is 0 Å². The van der Waals surface area contributed by atoms with E-state index < -0.39 is 0 Å². The quantitative estimate of drug-likeness (QED) is 0.382. The van der Waals surface area contributed by atoms with Crippen molar-refractivity contribution in [3.8, 4) is 0 Å². The summed E-state index contributed by atoms with van der Waals surface area (Å²) in [6.07, 6.45) is 6.04. The molecule has 11 heavy (non-hydrogen) atoms. The molecule has 2 nitrogen and oxygen atoms in total. The van der Waals surface area contributed by atoms with Crippen molar-refractivity contribution in [2.75, 3.05) is 7.05 Å². The Bertz CT molecular complexity index is 155. The molecule has 0 rings (SSSR count). The van der Waals surface area contributed by atoms with E-state index in [9.17, 15) is 0 Å². The number of nitrogens with zero attached hydrogens (tertiary/aromatic N) is 1. The van der Waals surface area contributed by atoms with Crippen molar-refractivity contribution in [2.45, 2.75) is 20.8 Å². The first-order valence-electron chi connectivity index (χ1n) is 3.90. The summed E-state index contributed by atoms with van der Waals surface area (Å²) in [7, 11) is 1.83. The van der Waals surface area contributed by atoms with E-state index in [-0.39, 0.29) is 0 Å². The predicted molar refractivity (Wildman–Crippen MR) is 49.7 cm³/mol. The van der Waals surface area contributed by atoms with E-state index in [1.54, 1.807) is 5.01 Å². The second-order valence-electron chi connectivity index (χ2n) is 2.95. The standard InChI is InChI=1S/C9H18N2/c1-5-6-9(8(2)3)7-11(4)10/h5-8H,10H2,1-4H3/b6-5-,9-7+. The van der Waals surface area contributed by atoms with Crippen LogP contribution < -0.4 is 5.84 Å². The molecule has 2 N–H and O–H groups in total. The third kappa shape index (κ3) is 4.62. The van der Waals surface area contributed by atoms with Crippen LogP contribution in [0.1, 0.15) is 20.8 Å². The topological polar surface area (TPSA) is 29.3 Å². The number of nitrogens with two attached hydrogens (primary N) is 1. The van der Waals surface area contributed by atoms with Crippen LogP contribution in [-0.4, -0.2) is 12.1 Å². The first-order valence-corrected chi connectivity index (χ1v) is 3.90. The van der Waals surface area contributed by atoms with Crippen LogP contribution in [0.25, 0.3) is 0 Å². The summed E-state index contributed by atoms with van der Waals surface area (Å²) in [5.74, 6) is 6.01. The molecule has 0 fully saturated rings. The molecule has 0 unspecified atom stereocenters. The van der Waals surface area contributed by atoms with Gasteiger partial charge in [0.25, 0.3) is 0 Å². The highest BCUT2D eigenvalue weighted by Crippen LogP contribution is 2.10. The van der Waals surface area contributed by atoms with Gasteiger partial charge in [-0.3, -0.25) is 0 Å². The lowest BCUT2D eigenvalue weighted by atomic mass is 10.0. The summed E-state index contributed by atoms with van der Waals surface area (Å²) >= 11 is 0. The lowest BCUT2D eigenvalue weighted by Crippen LogP contribution is -2.19. The van der Waals surface area contributed by atoms with Gasteiger partial charge in [0, 0.05) is 13.2 Å². The second kappa shape index (κ2) is 4.97. The first-order chi connectivity index (χ1) is 5.07. The van der Waals surface area contributed by atoms with E-state index >= 15 is 0 Å². The van der Waals surface area contributed by atoms with Crippen LogP contribution in [-0.2, 0) is 0 Å². The molecular weight excluding hydrogens is 136 g/mol. The van der Waals surface area contributed by atoms with E-state index in [4.69, 9.17) is 5.84 Å². The van der Waals surface area contributed by atoms with Gasteiger partial charge in [-0.25, -0.2) is 5.84 Å². The number of hydrogen-bond donors (Lipinski definition) is 1. The summed E-state index contributed by atoms with van der Waals surface area (Å²) in [5.41, 5.74) is 1.25. The second-order valence-corrected chi connectivity index (χ2v) is 2.95. The number of rotatable bonds is 3.